The van der Waals surface area contributed by atoms with E-state index in [1.54, 1.807) is 57.4 Å². The van der Waals surface area contributed by atoms with Crippen LogP contribution in [-0.4, -0.2) is 103 Å². The first-order valence-corrected chi connectivity index (χ1v) is 22.6. The molecule has 0 spiro atoms. The predicted molar refractivity (Wildman–Crippen MR) is 232 cm³/mol. The van der Waals surface area contributed by atoms with E-state index in [2.05, 4.69) is 48.7 Å². The lowest BCUT2D eigenvalue weighted by molar-refractivity contribution is -0.136. The molecule has 5 heterocycles. The van der Waals surface area contributed by atoms with Crippen LogP contribution in [0.1, 0.15) is 83.7 Å². The fourth-order valence-electron chi connectivity index (χ4n) is 9.00. The van der Waals surface area contributed by atoms with Gasteiger partial charge in [0.25, 0.3) is 11.8 Å². The number of hydrogen-bond acceptors (Lipinski definition) is 13. The zero-order chi connectivity index (χ0) is 43.2. The molecule has 0 saturated carbocycles. The largest absolute Gasteiger partial charge is 0.495 e. The number of rotatable bonds is 12. The van der Waals surface area contributed by atoms with Gasteiger partial charge in [0, 0.05) is 26.1 Å². The number of anilines is 5. The second-order valence-electron chi connectivity index (χ2n) is 16.5. The van der Waals surface area contributed by atoms with E-state index >= 15 is 0 Å². The zero-order valence-electron chi connectivity index (χ0n) is 34.5. The third kappa shape index (κ3) is 8.28. The molecule has 320 valence electrons. The Kier molecular flexibility index (Phi) is 11.8. The molecular weight excluding hydrogens is 820 g/mol. The molecule has 2 atom stereocenters. The molecule has 15 nitrogen and oxygen atoms in total. The summed E-state index contributed by atoms with van der Waals surface area (Å²) in [5, 5.41) is 8.25. The van der Waals surface area contributed by atoms with Crippen LogP contribution in [0.25, 0.3) is 0 Å². The maximum absolute atomic E-state index is 13.7. The van der Waals surface area contributed by atoms with Crippen molar-refractivity contribution in [2.45, 2.75) is 75.0 Å². The van der Waals surface area contributed by atoms with Crippen LogP contribution in [0.15, 0.2) is 65.7 Å². The van der Waals surface area contributed by atoms with Gasteiger partial charge in [-0.15, -0.1) is 0 Å². The lowest BCUT2D eigenvalue weighted by Crippen LogP contribution is -2.54. The Bertz CT molecular complexity index is 2530. The van der Waals surface area contributed by atoms with Crippen molar-refractivity contribution in [1.82, 2.24) is 25.1 Å². The van der Waals surface area contributed by atoms with Crippen molar-refractivity contribution in [3.63, 3.8) is 0 Å². The van der Waals surface area contributed by atoms with Crippen LogP contribution >= 0.6 is 11.6 Å². The minimum Gasteiger partial charge on any atom is -0.495 e. The number of carbonyl (C=O) groups excluding carboxylic acids is 4. The molecule has 3 fully saturated rings. The number of ether oxygens (including phenoxy) is 1. The van der Waals surface area contributed by atoms with Gasteiger partial charge in [-0.3, -0.25) is 29.4 Å². The van der Waals surface area contributed by atoms with E-state index in [1.165, 1.54) is 11.8 Å². The Balaban J connectivity index is 0.889. The minimum atomic E-state index is -3.58. The third-order valence-electron chi connectivity index (χ3n) is 12.3. The van der Waals surface area contributed by atoms with Crippen LogP contribution in [0.5, 0.6) is 5.75 Å². The number of fused-ring (bicyclic) bond motifs is 1. The lowest BCUT2D eigenvalue weighted by Gasteiger charge is -2.34. The van der Waals surface area contributed by atoms with Gasteiger partial charge >= 0.3 is 0 Å². The third-order valence-corrected chi connectivity index (χ3v) is 14.7. The van der Waals surface area contributed by atoms with E-state index in [9.17, 15) is 27.6 Å². The van der Waals surface area contributed by atoms with Gasteiger partial charge in [0.1, 0.15) is 16.8 Å². The molecule has 17 heteroatoms. The summed E-state index contributed by atoms with van der Waals surface area (Å²) >= 11 is 6.48. The van der Waals surface area contributed by atoms with E-state index in [0.29, 0.717) is 40.1 Å². The van der Waals surface area contributed by atoms with E-state index in [-0.39, 0.29) is 34.5 Å². The number of halogens is 1. The Labute approximate surface area is 360 Å². The number of likely N-dealkylation sites (tertiary alicyclic amines) is 1. The van der Waals surface area contributed by atoms with Gasteiger partial charge in [-0.25, -0.2) is 13.4 Å². The molecule has 0 radical (unpaired) electrons. The Morgan fingerprint density at radius 2 is 1.70 bits per heavy atom. The minimum absolute atomic E-state index is 0.0789. The summed E-state index contributed by atoms with van der Waals surface area (Å²) in [4.78, 5) is 66.3. The number of piperidine rings is 2. The quantitative estimate of drug-likeness (QED) is 0.137. The highest BCUT2D eigenvalue weighted by molar-refractivity contribution is 7.92. The monoisotopic (exact) mass is 868 g/mol. The van der Waals surface area contributed by atoms with Crippen molar-refractivity contribution < 1.29 is 32.3 Å². The number of nitrogens with one attached hydrogen (secondary N) is 3. The number of para-hydroxylation sites is 1. The summed E-state index contributed by atoms with van der Waals surface area (Å²) < 4.78 is 32.0. The zero-order valence-corrected chi connectivity index (χ0v) is 36.1. The molecule has 4 amide bonds. The Morgan fingerprint density at radius 3 is 2.44 bits per heavy atom. The number of aryl methyl sites for hydroxylation is 1. The van der Waals surface area contributed by atoms with Crippen molar-refractivity contribution in [2.75, 3.05) is 55.4 Å². The molecule has 1 unspecified atom stereocenters. The normalized spacial score (nSPS) is 20.0. The van der Waals surface area contributed by atoms with Gasteiger partial charge < -0.3 is 25.2 Å². The number of amides is 4. The fraction of sp³-hybridized carbons (Fsp3) is 0.409. The van der Waals surface area contributed by atoms with Crippen molar-refractivity contribution >= 4 is 73.9 Å². The summed E-state index contributed by atoms with van der Waals surface area (Å²) in [5.74, 6) is -0.114. The summed E-state index contributed by atoms with van der Waals surface area (Å²) in [6, 6.07) is 15.1. The van der Waals surface area contributed by atoms with Gasteiger partial charge in [-0.2, -0.15) is 4.98 Å². The number of imide groups is 2. The smallest absolute Gasteiger partial charge is 0.264 e. The van der Waals surface area contributed by atoms with Crippen molar-refractivity contribution in [3.8, 4) is 5.75 Å². The molecule has 0 bridgehead atoms. The standard InChI is InChI=1S/C44H49ClN8O7S/c1-25(2)61(58,59)37-11-6-5-9-32(37)47-40-31(45)22-46-44(50-40)48-33-20-26(3)30(21-36(33)60-4)28-15-17-51(18-16-28)23-27-14-19-52(24-27)34-10-7-8-29-39(34)43(57)53(42(29)56)35-12-13-38(54)49-41(35)55/h5-11,20-22,25,27-28,35H,12-19,23-24H2,1-4H3,(H,49,54,55)(H2,46,47,48,50)/t27-,35?/m0/s1. The number of sulfone groups is 1. The van der Waals surface area contributed by atoms with Gasteiger partial charge in [0.2, 0.25) is 17.8 Å². The first kappa shape index (κ1) is 42.1. The molecule has 4 aliphatic heterocycles. The fourth-order valence-corrected chi connectivity index (χ4v) is 10.3. The molecule has 3 saturated heterocycles. The molecule has 1 aromatic heterocycles. The maximum Gasteiger partial charge on any atom is 0.264 e. The summed E-state index contributed by atoms with van der Waals surface area (Å²) in [6.45, 7) is 9.68. The Morgan fingerprint density at radius 1 is 0.934 bits per heavy atom. The lowest BCUT2D eigenvalue weighted by atomic mass is 9.86. The Hall–Kier alpha value is -5.58. The molecule has 4 aromatic rings. The predicted octanol–water partition coefficient (Wildman–Crippen LogP) is 6.22. The van der Waals surface area contributed by atoms with E-state index < -0.39 is 44.8 Å². The molecule has 8 rings (SSSR count). The highest BCUT2D eigenvalue weighted by Crippen LogP contribution is 2.40. The number of hydrogen-bond donors (Lipinski definition) is 3. The van der Waals surface area contributed by atoms with Crippen LogP contribution in [0.2, 0.25) is 5.02 Å². The summed E-state index contributed by atoms with van der Waals surface area (Å²) in [7, 11) is -1.95. The van der Waals surface area contributed by atoms with Crippen LogP contribution in [-0.2, 0) is 19.4 Å². The molecule has 4 aliphatic rings. The van der Waals surface area contributed by atoms with Crippen LogP contribution in [0.4, 0.5) is 28.8 Å². The topological polar surface area (TPSA) is 183 Å². The molecule has 3 aromatic carbocycles. The highest BCUT2D eigenvalue weighted by Gasteiger charge is 2.46. The molecule has 0 aliphatic carbocycles. The van der Waals surface area contributed by atoms with Crippen LogP contribution < -0.4 is 25.6 Å². The van der Waals surface area contributed by atoms with Crippen LogP contribution in [0.3, 0.4) is 0 Å². The van der Waals surface area contributed by atoms with E-state index in [4.69, 9.17) is 16.3 Å². The maximum atomic E-state index is 13.7. The van der Waals surface area contributed by atoms with Crippen molar-refractivity contribution in [2.24, 2.45) is 5.92 Å². The van der Waals surface area contributed by atoms with Gasteiger partial charge in [-0.1, -0.05) is 29.8 Å². The molecule has 3 N–H and O–H groups in total. The van der Waals surface area contributed by atoms with Gasteiger partial charge in [-0.05, 0) is 119 Å². The SMILES string of the molecule is COc1cc(C2CCN(C[C@@H]3CCN(c4cccc5c4C(=O)N(C4CCC(=O)NC4=O)C5=O)C3)CC2)c(C)cc1Nc1ncc(Cl)c(Nc2ccccc2S(=O)(=O)C(C)C)n1. The van der Waals surface area contributed by atoms with Crippen LogP contribution in [0, 0.1) is 12.8 Å². The van der Waals surface area contributed by atoms with Gasteiger partial charge in [0.05, 0.1) is 51.6 Å². The number of carbonyl (C=O) groups is 4. The van der Waals surface area contributed by atoms with Crippen molar-refractivity contribution in [3.05, 3.63) is 88.1 Å². The van der Waals surface area contributed by atoms with E-state index in [1.807, 2.05) is 12.1 Å². The van der Waals surface area contributed by atoms with Gasteiger partial charge in [0.15, 0.2) is 15.7 Å². The molecule has 61 heavy (non-hydrogen) atoms. The molecular formula is C44H49ClN8O7S. The number of aromatic nitrogens is 2. The summed E-state index contributed by atoms with van der Waals surface area (Å²) in [6.07, 6.45) is 4.58. The first-order valence-electron chi connectivity index (χ1n) is 20.6. The second-order valence-corrected chi connectivity index (χ2v) is 19.3. The second kappa shape index (κ2) is 17.1. The number of benzene rings is 3. The van der Waals surface area contributed by atoms with Crippen molar-refractivity contribution in [1.29, 1.82) is 0 Å². The summed E-state index contributed by atoms with van der Waals surface area (Å²) in [5.41, 5.74) is 4.73. The average molecular weight is 869 g/mol. The first-order chi connectivity index (χ1) is 29.2. The highest BCUT2D eigenvalue weighted by atomic mass is 35.5. The van der Waals surface area contributed by atoms with E-state index in [0.717, 1.165) is 68.1 Å². The number of nitrogens with zero attached hydrogens (tertiary/aromatic N) is 5. The average Bonchev–Trinajstić information content (AvgIpc) is 3.81. The number of methoxy groups -OCH3 is 1.